The first-order valence-corrected chi connectivity index (χ1v) is 9.19. The second-order valence-electron chi connectivity index (χ2n) is 6.57. The minimum absolute atomic E-state index is 0.0549. The zero-order valence-corrected chi connectivity index (χ0v) is 15.8. The minimum atomic E-state index is -3.20. The lowest BCUT2D eigenvalue weighted by Crippen LogP contribution is -2.28. The number of anilines is 1. The van der Waals surface area contributed by atoms with E-state index in [-0.39, 0.29) is 45.7 Å². The zero-order chi connectivity index (χ0) is 26.5. The molecule has 3 aromatic heterocycles. The molecule has 31 heavy (non-hydrogen) atoms. The van der Waals surface area contributed by atoms with E-state index in [1.54, 1.807) is 18.2 Å². The number of fused-ring (bicyclic) bond motifs is 2. The first-order valence-electron chi connectivity index (χ1n) is 12.2. The molecule has 0 unspecified atom stereocenters. The number of nitrogens with one attached hydrogen (secondary N) is 2. The molecule has 0 saturated heterocycles. The summed E-state index contributed by atoms with van der Waals surface area (Å²) in [6.45, 7) is -3.20. The Hall–Kier alpha value is -4.14. The maximum Gasteiger partial charge on any atom is 0.269 e. The van der Waals surface area contributed by atoms with Crippen LogP contribution in [0.5, 0.6) is 0 Å². The molecule has 0 aliphatic heterocycles. The molecule has 0 aliphatic rings. The summed E-state index contributed by atoms with van der Waals surface area (Å²) in [6.07, 6.45) is -2.14. The van der Waals surface area contributed by atoms with Crippen molar-refractivity contribution in [3.63, 3.8) is 0 Å². The quantitative estimate of drug-likeness (QED) is 0.448. The molecule has 5 rings (SSSR count). The van der Waals surface area contributed by atoms with Crippen molar-refractivity contribution in [3.8, 4) is 5.69 Å². The Morgan fingerprint density at radius 3 is 2.94 bits per heavy atom. The molecule has 2 aromatic carbocycles. The molecule has 0 fully saturated rings. The summed E-state index contributed by atoms with van der Waals surface area (Å²) < 4.78 is 64.5. The van der Waals surface area contributed by atoms with Crippen molar-refractivity contribution in [2.45, 2.75) is 19.3 Å². The Balaban J connectivity index is 1.85. The largest absolute Gasteiger partial charge is 0.358 e. The van der Waals surface area contributed by atoms with Gasteiger partial charge in [-0.2, -0.15) is 0 Å². The van der Waals surface area contributed by atoms with Crippen molar-refractivity contribution in [1.29, 1.82) is 0 Å². The fourth-order valence-corrected chi connectivity index (χ4v) is 3.35. The van der Waals surface area contributed by atoms with Crippen molar-refractivity contribution < 1.29 is 12.6 Å². The molecule has 154 valence electrons. The molecule has 1 atom stereocenters. The van der Waals surface area contributed by atoms with Gasteiger partial charge in [0.2, 0.25) is 0 Å². The first-order chi connectivity index (χ1) is 17.5. The number of benzene rings is 2. The van der Waals surface area contributed by atoms with Gasteiger partial charge in [-0.3, -0.25) is 9.36 Å². The highest BCUT2D eigenvalue weighted by molar-refractivity contribution is 5.82. The van der Waals surface area contributed by atoms with Gasteiger partial charge in [-0.1, -0.05) is 31.1 Å². The number of aromatic amines is 1. The monoisotopic (exact) mass is 421 g/mol. The Morgan fingerprint density at radius 2 is 2.10 bits per heavy atom. The van der Waals surface area contributed by atoms with Crippen LogP contribution in [0.2, 0.25) is 0 Å². The van der Waals surface area contributed by atoms with Crippen LogP contribution in [0.3, 0.4) is 0 Å². The molecule has 0 saturated carbocycles. The average Bonchev–Trinajstić information content (AvgIpc) is 3.23. The van der Waals surface area contributed by atoms with E-state index >= 15 is 0 Å². The number of hydrogen-bond acceptors (Lipinski definition) is 6. The van der Waals surface area contributed by atoms with Gasteiger partial charge in [-0.05, 0) is 30.6 Å². The Morgan fingerprint density at radius 1 is 1.23 bits per heavy atom. The highest BCUT2D eigenvalue weighted by atomic mass is 19.1. The Kier molecular flexibility index (Phi) is 3.24. The number of halogens is 1. The average molecular weight is 421 g/mol. The normalized spacial score (nSPS) is 16.0. The zero-order valence-electron chi connectivity index (χ0n) is 21.8. The summed E-state index contributed by atoms with van der Waals surface area (Å²) >= 11 is 0. The SMILES string of the molecule is [2H]c1nc2c(N[C@H](c3nc4cccc(F)c4c(=O)n3-c3ccccc3)C([2H])([2H])C([2H])([2H])[2H])ncnc2[nH]1. The molecule has 0 radical (unpaired) electrons. The van der Waals surface area contributed by atoms with E-state index in [0.717, 1.165) is 17.0 Å². The van der Waals surface area contributed by atoms with Crippen molar-refractivity contribution in [2.24, 2.45) is 0 Å². The smallest absolute Gasteiger partial charge is 0.269 e. The summed E-state index contributed by atoms with van der Waals surface area (Å²) in [4.78, 5) is 32.7. The third-order valence-corrected chi connectivity index (χ3v) is 4.73. The van der Waals surface area contributed by atoms with Crippen molar-refractivity contribution in [3.05, 3.63) is 83.2 Å². The van der Waals surface area contributed by atoms with Gasteiger partial charge in [-0.15, -0.1) is 0 Å². The highest BCUT2D eigenvalue weighted by Crippen LogP contribution is 2.26. The molecule has 2 N–H and O–H groups in total. The number of para-hydroxylation sites is 1. The van der Waals surface area contributed by atoms with Crippen molar-refractivity contribution in [2.75, 3.05) is 5.32 Å². The predicted octanol–water partition coefficient (Wildman–Crippen LogP) is 3.75. The van der Waals surface area contributed by atoms with Gasteiger partial charge < -0.3 is 10.3 Å². The fraction of sp³-hybridized carbons (Fsp3) is 0.136. The number of aromatic nitrogens is 6. The van der Waals surface area contributed by atoms with Crippen LogP contribution in [0.25, 0.3) is 27.8 Å². The molecule has 0 amide bonds. The topological polar surface area (TPSA) is 101 Å². The molecule has 5 aromatic rings. The van der Waals surface area contributed by atoms with Crippen molar-refractivity contribution >= 4 is 27.9 Å². The second-order valence-corrected chi connectivity index (χ2v) is 6.57. The van der Waals surface area contributed by atoms with Crippen LogP contribution in [0, 0.1) is 5.82 Å². The van der Waals surface area contributed by atoms with E-state index in [1.165, 1.54) is 24.3 Å². The number of nitrogens with zero attached hydrogens (tertiary/aromatic N) is 5. The van der Waals surface area contributed by atoms with Gasteiger partial charge in [0.05, 0.1) is 23.5 Å². The first kappa shape index (κ1) is 13.2. The molecular weight excluding hydrogens is 397 g/mol. The van der Waals surface area contributed by atoms with Crippen LogP contribution in [0.15, 0.2) is 66.0 Å². The molecule has 8 nitrogen and oxygen atoms in total. The Labute approximate surface area is 184 Å². The molecule has 0 bridgehead atoms. The van der Waals surface area contributed by atoms with Gasteiger partial charge in [0.15, 0.2) is 11.5 Å². The van der Waals surface area contributed by atoms with Gasteiger partial charge in [-0.25, -0.2) is 24.3 Å². The second kappa shape index (κ2) is 7.60. The standard InChI is InChI=1S/C22H18FN7O/c1-2-15(28-20-18-19(25-11-24-18)26-12-27-20)21-29-16-10-6-9-14(23)17(16)22(31)30(21)13-7-4-3-5-8-13/h3-12,15H,2H2,1H3,(H2,24,25,26,27,28)/t15-/m0/s1/i1D3,2D2,11D. The van der Waals surface area contributed by atoms with Gasteiger partial charge in [0, 0.05) is 6.85 Å². The molecule has 3 heterocycles. The number of H-pyrrole nitrogens is 1. The van der Waals surface area contributed by atoms with Crippen LogP contribution in [0.4, 0.5) is 10.2 Å². The van der Waals surface area contributed by atoms with E-state index in [1.807, 2.05) is 0 Å². The minimum Gasteiger partial charge on any atom is -0.358 e. The molecule has 0 spiro atoms. The third-order valence-electron chi connectivity index (χ3n) is 4.73. The van der Waals surface area contributed by atoms with Crippen molar-refractivity contribution in [1.82, 2.24) is 29.5 Å². The Bertz CT molecular complexity index is 1690. The summed E-state index contributed by atoms with van der Waals surface area (Å²) in [6, 6.07) is 9.99. The van der Waals surface area contributed by atoms with Crippen LogP contribution >= 0.6 is 0 Å². The van der Waals surface area contributed by atoms with Gasteiger partial charge in [0.1, 0.15) is 30.2 Å². The highest BCUT2D eigenvalue weighted by Gasteiger charge is 2.22. The van der Waals surface area contributed by atoms with Gasteiger partial charge in [0.25, 0.3) is 5.56 Å². The van der Waals surface area contributed by atoms with E-state index in [9.17, 15) is 9.18 Å². The fourth-order valence-electron chi connectivity index (χ4n) is 3.35. The van der Waals surface area contributed by atoms with E-state index in [4.69, 9.17) is 8.22 Å². The molecule has 9 heteroatoms. The molecule has 0 aliphatic carbocycles. The lowest BCUT2D eigenvalue weighted by atomic mass is 10.1. The predicted molar refractivity (Wildman–Crippen MR) is 116 cm³/mol. The van der Waals surface area contributed by atoms with Crippen LogP contribution in [-0.4, -0.2) is 29.5 Å². The lowest BCUT2D eigenvalue weighted by molar-refractivity contribution is 0.630. The number of imidazole rings is 1. The lowest BCUT2D eigenvalue weighted by Gasteiger charge is -2.22. The van der Waals surface area contributed by atoms with E-state index in [0.29, 0.717) is 0 Å². The maximum atomic E-state index is 14.7. The summed E-state index contributed by atoms with van der Waals surface area (Å²) in [5.74, 6) is -1.25. The molecular formula is C22H18FN7O. The van der Waals surface area contributed by atoms with Gasteiger partial charge >= 0.3 is 0 Å². The summed E-state index contributed by atoms with van der Waals surface area (Å²) in [7, 11) is 0. The van der Waals surface area contributed by atoms with Crippen LogP contribution in [-0.2, 0) is 0 Å². The van der Waals surface area contributed by atoms with Crippen LogP contribution in [0.1, 0.15) is 33.3 Å². The third kappa shape index (κ3) is 3.20. The number of hydrogen-bond donors (Lipinski definition) is 2. The summed E-state index contributed by atoms with van der Waals surface area (Å²) in [5.41, 5.74) is -0.502. The maximum absolute atomic E-state index is 14.7. The van der Waals surface area contributed by atoms with Crippen LogP contribution < -0.4 is 10.9 Å². The summed E-state index contributed by atoms with van der Waals surface area (Å²) in [5, 5.41) is 2.41. The number of rotatable bonds is 5. The van der Waals surface area contributed by atoms with E-state index < -0.39 is 30.6 Å². The van der Waals surface area contributed by atoms with E-state index in [2.05, 4.69) is 30.2 Å².